The minimum Gasteiger partial charge on any atom is -0.242 e. The van der Waals surface area contributed by atoms with E-state index >= 15 is 0 Å². The zero-order chi connectivity index (χ0) is 3.54. The minimum atomic E-state index is 0.778. The van der Waals surface area contributed by atoms with Crippen LogP contribution in [0.5, 0.6) is 0 Å². The summed E-state index contributed by atoms with van der Waals surface area (Å²) in [4.78, 5) is 0. The maximum Gasteiger partial charge on any atom is 0.0929 e. The van der Waals surface area contributed by atoms with Gasteiger partial charge in [0.25, 0.3) is 0 Å². The van der Waals surface area contributed by atoms with Gasteiger partial charge in [-0.25, -0.2) is 10.9 Å². The highest BCUT2D eigenvalue weighted by atomic mass is 15.6. The van der Waals surface area contributed by atoms with Gasteiger partial charge in [-0.05, 0) is 0 Å². The molecule has 0 aliphatic carbocycles. The number of hydrogen-bond acceptors (Lipinski definition) is 3. The minimum absolute atomic E-state index is 0.778. The van der Waals surface area contributed by atoms with Crippen molar-refractivity contribution in [1.29, 1.82) is 0 Å². The van der Waals surface area contributed by atoms with Gasteiger partial charge in [-0.1, -0.05) is 0 Å². The van der Waals surface area contributed by atoms with Crippen LogP contribution in [0.1, 0.15) is 0 Å². The molecular weight excluding hydrogens is 66.0 g/mol. The highest BCUT2D eigenvalue weighted by Crippen LogP contribution is 1.63. The molecule has 0 amide bonds. The first-order chi connectivity index (χ1) is 2.50. The summed E-state index contributed by atoms with van der Waals surface area (Å²) >= 11 is 0. The van der Waals surface area contributed by atoms with Crippen molar-refractivity contribution in [2.45, 2.75) is 0 Å². The molecule has 3 N–H and O–H groups in total. The molecule has 1 heterocycles. The second-order valence-electron chi connectivity index (χ2n) is 0.780. The van der Waals surface area contributed by atoms with Crippen LogP contribution in [0.4, 0.5) is 0 Å². The van der Waals surface area contributed by atoms with E-state index in [0.717, 1.165) is 6.54 Å². The average Bonchev–Trinajstić information content (AvgIpc) is 1.76. The van der Waals surface area contributed by atoms with E-state index in [2.05, 4.69) is 22.9 Å². The summed E-state index contributed by atoms with van der Waals surface area (Å²) in [5, 5.41) is 0. The van der Waals surface area contributed by atoms with Crippen LogP contribution in [0.15, 0.2) is 0 Å². The first-order valence-electron chi connectivity index (χ1n) is 1.46. The molecule has 1 aliphatic heterocycles. The highest BCUT2D eigenvalue weighted by Gasteiger charge is 1.91. The second-order valence-corrected chi connectivity index (χ2v) is 0.780. The van der Waals surface area contributed by atoms with Crippen LogP contribution in [0.3, 0.4) is 0 Å². The van der Waals surface area contributed by atoms with E-state index in [4.69, 9.17) is 0 Å². The summed E-state index contributed by atoms with van der Waals surface area (Å²) < 4.78 is 0. The number of hydrogen-bond donors (Lipinski definition) is 3. The van der Waals surface area contributed by atoms with E-state index < -0.39 is 0 Å². The van der Waals surface area contributed by atoms with Crippen LogP contribution >= 0.6 is 0 Å². The largest absolute Gasteiger partial charge is 0.242 e. The molecule has 0 unspecified atom stereocenters. The van der Waals surface area contributed by atoms with Crippen molar-refractivity contribution < 1.29 is 0 Å². The van der Waals surface area contributed by atoms with Gasteiger partial charge < -0.3 is 0 Å². The molecule has 2 radical (unpaired) electrons. The third kappa shape index (κ3) is 0.576. The lowest BCUT2D eigenvalue weighted by Crippen LogP contribution is -2.29. The molecule has 5 heavy (non-hydrogen) atoms. The van der Waals surface area contributed by atoms with Crippen LogP contribution in [0.2, 0.25) is 0 Å². The number of rotatable bonds is 0. The fraction of sp³-hybridized carbons (Fsp3) is 0.500. The summed E-state index contributed by atoms with van der Waals surface area (Å²) in [6.07, 6.45) is 0. The highest BCUT2D eigenvalue weighted by molar-refractivity contribution is 4.63. The van der Waals surface area contributed by atoms with Crippen LogP contribution < -0.4 is 16.4 Å². The van der Waals surface area contributed by atoms with Gasteiger partial charge in [-0.3, -0.25) is 0 Å². The molecule has 28 valence electrons. The molecule has 3 heteroatoms. The van der Waals surface area contributed by atoms with Crippen molar-refractivity contribution in [1.82, 2.24) is 16.4 Å². The molecule has 0 bridgehead atoms. The first-order valence-corrected chi connectivity index (χ1v) is 1.46. The van der Waals surface area contributed by atoms with Gasteiger partial charge in [0.05, 0.1) is 6.54 Å². The van der Waals surface area contributed by atoms with E-state index in [9.17, 15) is 0 Å². The van der Waals surface area contributed by atoms with Gasteiger partial charge in [0.15, 0.2) is 0 Å². The van der Waals surface area contributed by atoms with Crippen molar-refractivity contribution in [3.63, 3.8) is 0 Å². The number of nitrogens with one attached hydrogen (secondary N) is 3. The fourth-order valence-corrected chi connectivity index (χ4v) is 0.221. The zero-order valence-corrected chi connectivity index (χ0v) is 2.71. The van der Waals surface area contributed by atoms with E-state index in [0.29, 0.717) is 0 Å². The maximum atomic E-state index is 2.75. The Bertz CT molecular complexity index is 16.5. The Morgan fingerprint density at radius 1 is 1.60 bits per heavy atom. The van der Waals surface area contributed by atoms with E-state index in [1.807, 2.05) is 0 Å². The lowest BCUT2D eigenvalue weighted by Gasteiger charge is -1.82. The van der Waals surface area contributed by atoms with Crippen LogP contribution in [0.25, 0.3) is 0 Å². The van der Waals surface area contributed by atoms with Crippen molar-refractivity contribution in [3.05, 3.63) is 6.54 Å². The fourth-order valence-electron chi connectivity index (χ4n) is 0.221. The smallest absolute Gasteiger partial charge is 0.0929 e. The maximum absolute atomic E-state index is 2.75. The third-order valence-electron chi connectivity index (χ3n) is 0.416. The molecule has 1 saturated heterocycles. The predicted molar refractivity (Wildman–Crippen MR) is 17.5 cm³/mol. The molecule has 1 rings (SSSR count). The molecule has 0 aromatic carbocycles. The predicted octanol–water partition coefficient (Wildman–Crippen LogP) is -1.36. The Morgan fingerprint density at radius 3 is 2.80 bits per heavy atom. The van der Waals surface area contributed by atoms with E-state index in [-0.39, 0.29) is 0 Å². The average molecular weight is 71.1 g/mol. The molecule has 1 aliphatic rings. The monoisotopic (exact) mass is 71.0 g/mol. The molecular formula is C2H5N3. The zero-order valence-electron chi connectivity index (χ0n) is 2.71. The van der Waals surface area contributed by atoms with Crippen LogP contribution in [0, 0.1) is 6.54 Å². The van der Waals surface area contributed by atoms with Crippen molar-refractivity contribution in [2.24, 2.45) is 0 Å². The van der Waals surface area contributed by atoms with Gasteiger partial charge >= 0.3 is 0 Å². The summed E-state index contributed by atoms with van der Waals surface area (Å²) in [6, 6.07) is 0. The molecule has 0 aromatic heterocycles. The van der Waals surface area contributed by atoms with Gasteiger partial charge in [-0.15, -0.1) is 0 Å². The summed E-state index contributed by atoms with van der Waals surface area (Å²) in [5.41, 5.74) is 7.97. The van der Waals surface area contributed by atoms with Crippen molar-refractivity contribution in [3.8, 4) is 0 Å². The third-order valence-corrected chi connectivity index (χ3v) is 0.416. The van der Waals surface area contributed by atoms with Crippen molar-refractivity contribution in [2.75, 3.05) is 6.54 Å². The second kappa shape index (κ2) is 1.35. The van der Waals surface area contributed by atoms with E-state index in [1.54, 1.807) is 0 Å². The molecule has 0 atom stereocenters. The van der Waals surface area contributed by atoms with Gasteiger partial charge in [0.1, 0.15) is 0 Å². The van der Waals surface area contributed by atoms with Gasteiger partial charge in [-0.2, -0.15) is 5.53 Å². The summed E-state index contributed by atoms with van der Waals surface area (Å²) in [5.74, 6) is 0. The Balaban J connectivity index is 2.08. The van der Waals surface area contributed by atoms with Gasteiger partial charge in [0, 0.05) is 6.54 Å². The molecule has 0 aromatic rings. The normalized spacial score (nSPS) is 24.0. The first kappa shape index (κ1) is 3.08. The lowest BCUT2D eigenvalue weighted by atomic mass is 10.7. The molecule has 0 saturated carbocycles. The van der Waals surface area contributed by atoms with E-state index in [1.165, 1.54) is 0 Å². The Hall–Kier alpha value is -0.120. The van der Waals surface area contributed by atoms with Crippen LogP contribution in [-0.2, 0) is 0 Å². The quantitative estimate of drug-likeness (QED) is 0.330. The lowest BCUT2D eigenvalue weighted by molar-refractivity contribution is 0.601. The summed E-state index contributed by atoms with van der Waals surface area (Å²) in [7, 11) is 0. The SMILES string of the molecule is [C]1CNNN1. The topological polar surface area (TPSA) is 36.1 Å². The standard InChI is InChI=1S/C2H5N3/c1-2-4-5-3-1/h3-5H,1H2. The number of hydrazine groups is 2. The van der Waals surface area contributed by atoms with Crippen molar-refractivity contribution >= 4 is 0 Å². The Labute approximate surface area is 30.7 Å². The molecule has 0 spiro atoms. The molecule has 3 nitrogen and oxygen atoms in total. The van der Waals surface area contributed by atoms with Crippen LogP contribution in [-0.4, -0.2) is 6.54 Å². The Kier molecular flexibility index (Phi) is 0.834. The van der Waals surface area contributed by atoms with Gasteiger partial charge in [0.2, 0.25) is 0 Å². The molecule has 1 fully saturated rings. The summed E-state index contributed by atoms with van der Waals surface area (Å²) in [6.45, 7) is 3.53. The Morgan fingerprint density at radius 2 is 2.60 bits per heavy atom.